The number of ether oxygens (including phenoxy) is 5. The number of carbonyl (C=O) groups is 4. The molecule has 1 aliphatic rings. The molecule has 0 aliphatic carbocycles. The van der Waals surface area contributed by atoms with Crippen molar-refractivity contribution >= 4 is 23.9 Å². The Labute approximate surface area is 520 Å². The fraction of sp³-hybridized carbons (Fsp3) is 0.836. The summed E-state index contributed by atoms with van der Waals surface area (Å²) in [6, 6.07) is 0. The lowest BCUT2D eigenvalue weighted by Gasteiger charge is -2.40. The minimum absolute atomic E-state index is 0.0597. The second kappa shape index (κ2) is 60.9. The smallest absolute Gasteiger partial charge is 0.335 e. The fourth-order valence-corrected chi connectivity index (χ4v) is 11.0. The number of hydrogen-bond donors (Lipinski definition) is 3. The highest BCUT2D eigenvalue weighted by molar-refractivity contribution is 5.74. The third kappa shape index (κ3) is 50.3. The van der Waals surface area contributed by atoms with E-state index in [0.29, 0.717) is 19.3 Å². The highest BCUT2D eigenvalue weighted by Crippen LogP contribution is 2.27. The number of carboxylic acids is 1. The number of esters is 3. The first-order valence-electron chi connectivity index (χ1n) is 35.6. The van der Waals surface area contributed by atoms with Crippen LogP contribution in [0.4, 0.5) is 0 Å². The molecule has 3 N–H and O–H groups in total. The molecule has 1 saturated heterocycles. The number of hydrogen-bond acceptors (Lipinski definition) is 11. The predicted molar refractivity (Wildman–Crippen MR) is 349 cm³/mol. The Morgan fingerprint density at radius 3 is 1.14 bits per heavy atom. The average Bonchev–Trinajstić information content (AvgIpc) is 3.53. The Hall–Kier alpha value is -3.32. The molecule has 0 saturated carbocycles. The molecule has 0 aromatic rings. The van der Waals surface area contributed by atoms with Gasteiger partial charge in [0.25, 0.3) is 0 Å². The molecule has 0 radical (unpaired) electrons. The molecular weight excluding hydrogens is 1070 g/mol. The first-order chi connectivity index (χ1) is 41.6. The Morgan fingerprint density at radius 2 is 0.741 bits per heavy atom. The van der Waals surface area contributed by atoms with Gasteiger partial charge >= 0.3 is 23.9 Å². The van der Waals surface area contributed by atoms with Crippen LogP contribution in [0.5, 0.6) is 0 Å². The van der Waals surface area contributed by atoms with Crippen LogP contribution in [0, 0.1) is 0 Å². The molecular formula is C73H130O12. The molecule has 6 unspecified atom stereocenters. The van der Waals surface area contributed by atoms with Gasteiger partial charge < -0.3 is 39.0 Å². The fourth-order valence-electron chi connectivity index (χ4n) is 11.0. The van der Waals surface area contributed by atoms with Crippen LogP contribution < -0.4 is 0 Å². The van der Waals surface area contributed by atoms with Crippen molar-refractivity contribution in [1.29, 1.82) is 0 Å². The van der Waals surface area contributed by atoms with Gasteiger partial charge in [-0.2, -0.15) is 0 Å². The SMILES string of the molecule is CC/C=C\C/C=C\C/C=C\CCCCCCCCCC(=O)OC(COC(=O)CCCCCCCCCCCCCCCCCCCCC)COC1OC(C(=O)O)C(O)C(O)C1OC(=O)CCCCCCCCCCC/C=C\CCCCCCCC. The van der Waals surface area contributed by atoms with Gasteiger partial charge in [0.15, 0.2) is 24.6 Å². The Kier molecular flexibility index (Phi) is 57.1. The molecule has 0 aromatic carbocycles. The monoisotopic (exact) mass is 1200 g/mol. The van der Waals surface area contributed by atoms with Crippen molar-refractivity contribution in [2.24, 2.45) is 0 Å². The van der Waals surface area contributed by atoms with Crippen molar-refractivity contribution < 1.29 is 58.2 Å². The van der Waals surface area contributed by atoms with Gasteiger partial charge in [0.2, 0.25) is 0 Å². The largest absolute Gasteiger partial charge is 0.479 e. The number of aliphatic hydroxyl groups excluding tert-OH is 2. The van der Waals surface area contributed by atoms with Gasteiger partial charge in [-0.15, -0.1) is 0 Å². The van der Waals surface area contributed by atoms with E-state index >= 15 is 0 Å². The topological polar surface area (TPSA) is 175 Å². The molecule has 494 valence electrons. The van der Waals surface area contributed by atoms with Crippen molar-refractivity contribution in [3.8, 4) is 0 Å². The van der Waals surface area contributed by atoms with E-state index in [1.807, 2.05) is 0 Å². The van der Waals surface area contributed by atoms with Gasteiger partial charge in [0.05, 0.1) is 6.61 Å². The van der Waals surface area contributed by atoms with E-state index in [1.54, 1.807) is 0 Å². The minimum Gasteiger partial charge on any atom is -0.479 e. The third-order valence-electron chi connectivity index (χ3n) is 16.4. The highest BCUT2D eigenvalue weighted by Gasteiger charge is 2.50. The van der Waals surface area contributed by atoms with Crippen LogP contribution in [0.3, 0.4) is 0 Å². The van der Waals surface area contributed by atoms with Gasteiger partial charge in [-0.1, -0.05) is 294 Å². The van der Waals surface area contributed by atoms with E-state index in [4.69, 9.17) is 23.7 Å². The summed E-state index contributed by atoms with van der Waals surface area (Å²) in [5.41, 5.74) is 0. The maximum Gasteiger partial charge on any atom is 0.335 e. The number of allylic oxidation sites excluding steroid dienone is 8. The summed E-state index contributed by atoms with van der Waals surface area (Å²) in [6.45, 7) is 5.94. The molecule has 6 atom stereocenters. The van der Waals surface area contributed by atoms with Gasteiger partial charge in [-0.05, 0) is 77.0 Å². The Bertz CT molecular complexity index is 1660. The second-order valence-corrected chi connectivity index (χ2v) is 24.5. The number of aliphatic hydroxyl groups is 2. The van der Waals surface area contributed by atoms with Crippen LogP contribution in [0.25, 0.3) is 0 Å². The molecule has 1 aliphatic heterocycles. The molecule has 1 rings (SSSR count). The lowest BCUT2D eigenvalue weighted by molar-refractivity contribution is -0.301. The van der Waals surface area contributed by atoms with E-state index < -0.39 is 67.3 Å². The lowest BCUT2D eigenvalue weighted by atomic mass is 9.98. The molecule has 1 heterocycles. The highest BCUT2D eigenvalue weighted by atomic mass is 16.7. The van der Waals surface area contributed by atoms with Gasteiger partial charge in [0.1, 0.15) is 18.8 Å². The van der Waals surface area contributed by atoms with Crippen LogP contribution in [-0.2, 0) is 42.9 Å². The van der Waals surface area contributed by atoms with Crippen LogP contribution >= 0.6 is 0 Å². The van der Waals surface area contributed by atoms with Gasteiger partial charge in [-0.3, -0.25) is 14.4 Å². The summed E-state index contributed by atoms with van der Waals surface area (Å²) in [4.78, 5) is 51.5. The number of unbranched alkanes of at least 4 members (excludes halogenated alkanes) is 40. The number of rotatable bonds is 62. The van der Waals surface area contributed by atoms with Crippen LogP contribution in [0.15, 0.2) is 48.6 Å². The summed E-state index contributed by atoms with van der Waals surface area (Å²) in [6.07, 6.45) is 63.5. The zero-order chi connectivity index (χ0) is 61.7. The summed E-state index contributed by atoms with van der Waals surface area (Å²) in [7, 11) is 0. The average molecular weight is 1200 g/mol. The number of aliphatic carboxylic acids is 1. The molecule has 1 fully saturated rings. The first-order valence-corrected chi connectivity index (χ1v) is 35.6. The lowest BCUT2D eigenvalue weighted by Crippen LogP contribution is -2.61. The van der Waals surface area contributed by atoms with Crippen molar-refractivity contribution in [3.05, 3.63) is 48.6 Å². The summed E-state index contributed by atoms with van der Waals surface area (Å²) in [5.74, 6) is -3.10. The minimum atomic E-state index is -1.90. The Morgan fingerprint density at radius 1 is 0.400 bits per heavy atom. The van der Waals surface area contributed by atoms with Crippen molar-refractivity contribution in [2.75, 3.05) is 13.2 Å². The molecule has 0 spiro atoms. The van der Waals surface area contributed by atoms with Crippen molar-refractivity contribution in [1.82, 2.24) is 0 Å². The normalized spacial score (nSPS) is 17.7. The van der Waals surface area contributed by atoms with Gasteiger partial charge in [-0.25, -0.2) is 4.79 Å². The van der Waals surface area contributed by atoms with E-state index in [2.05, 4.69) is 69.4 Å². The quantitative estimate of drug-likeness (QED) is 0.0228. The zero-order valence-electron chi connectivity index (χ0n) is 54.9. The molecule has 0 aromatic heterocycles. The molecule has 0 bridgehead atoms. The molecule has 0 amide bonds. The number of carbonyl (C=O) groups excluding carboxylic acids is 3. The van der Waals surface area contributed by atoms with Crippen LogP contribution in [0.1, 0.15) is 342 Å². The van der Waals surface area contributed by atoms with Gasteiger partial charge in [0, 0.05) is 19.3 Å². The second-order valence-electron chi connectivity index (χ2n) is 24.5. The summed E-state index contributed by atoms with van der Waals surface area (Å²) in [5, 5.41) is 31.7. The first kappa shape index (κ1) is 79.7. The van der Waals surface area contributed by atoms with Crippen molar-refractivity contribution in [3.63, 3.8) is 0 Å². The maximum absolute atomic E-state index is 13.2. The zero-order valence-corrected chi connectivity index (χ0v) is 54.9. The standard InChI is InChI=1S/C73H130O12/c1-4-7-10-13-16-19-22-25-28-31-33-36-38-41-44-47-50-53-56-59-65(74)81-62-64(83-66(75)60-57-54-51-48-45-42-39-35-30-27-24-21-18-15-12-9-6-3)63-82-73-71(69(78)68(77)70(85-73)72(79)80)84-67(76)61-58-55-52-49-46-43-40-37-34-32-29-26-23-20-17-14-11-8-5-2/h9,12,18,21,26-27,29-30,64,68-71,73,77-78H,4-8,10-11,13-17,19-20,22-25,28,31-63H2,1-3H3,(H,79,80)/b12-9-,21-18-,29-26-,30-27-. The number of carboxylic acid groups (broad SMARTS) is 1. The summed E-state index contributed by atoms with van der Waals surface area (Å²) < 4.78 is 28.6. The molecule has 12 heteroatoms. The predicted octanol–water partition coefficient (Wildman–Crippen LogP) is 19.7. The molecule has 85 heavy (non-hydrogen) atoms. The van der Waals surface area contributed by atoms with E-state index in [1.165, 1.54) is 167 Å². The van der Waals surface area contributed by atoms with Crippen LogP contribution in [-0.4, -0.2) is 89.2 Å². The van der Waals surface area contributed by atoms with E-state index in [0.717, 1.165) is 116 Å². The maximum atomic E-state index is 13.2. The van der Waals surface area contributed by atoms with Crippen molar-refractivity contribution in [2.45, 2.75) is 379 Å². The Balaban J connectivity index is 2.61. The summed E-state index contributed by atoms with van der Waals surface area (Å²) >= 11 is 0. The van der Waals surface area contributed by atoms with Crippen LogP contribution in [0.2, 0.25) is 0 Å². The van der Waals surface area contributed by atoms with E-state index in [9.17, 15) is 34.5 Å². The molecule has 12 nitrogen and oxygen atoms in total. The third-order valence-corrected chi connectivity index (χ3v) is 16.4. The van der Waals surface area contributed by atoms with E-state index in [-0.39, 0.29) is 25.9 Å².